The van der Waals surface area contributed by atoms with E-state index in [1.807, 2.05) is 49.4 Å². The molecular formula is C19H18N2O4. The minimum absolute atomic E-state index is 0.0455. The van der Waals surface area contributed by atoms with Gasteiger partial charge in [0.15, 0.2) is 17.2 Å². The van der Waals surface area contributed by atoms with Crippen molar-refractivity contribution in [3.05, 3.63) is 48.0 Å². The van der Waals surface area contributed by atoms with Crippen molar-refractivity contribution >= 4 is 11.7 Å². The summed E-state index contributed by atoms with van der Waals surface area (Å²) >= 11 is 0. The molecule has 3 aliphatic rings. The topological polar surface area (TPSA) is 60.0 Å². The molecule has 6 heteroatoms. The van der Waals surface area contributed by atoms with Gasteiger partial charge in [-0.25, -0.2) is 4.79 Å². The predicted octanol–water partition coefficient (Wildman–Crippen LogP) is 3.23. The van der Waals surface area contributed by atoms with E-state index in [2.05, 4.69) is 5.32 Å². The van der Waals surface area contributed by atoms with Crippen molar-refractivity contribution in [2.24, 2.45) is 0 Å². The molecule has 1 saturated heterocycles. The zero-order valence-electron chi connectivity index (χ0n) is 13.8. The highest BCUT2D eigenvalue weighted by molar-refractivity contribution is 5.95. The monoisotopic (exact) mass is 338 g/mol. The Kier molecular flexibility index (Phi) is 2.92. The highest BCUT2D eigenvalue weighted by Crippen LogP contribution is 2.46. The van der Waals surface area contributed by atoms with Gasteiger partial charge in [-0.15, -0.1) is 0 Å². The lowest BCUT2D eigenvalue weighted by molar-refractivity contribution is 0.0378. The molecule has 0 unspecified atom stereocenters. The van der Waals surface area contributed by atoms with E-state index in [1.165, 1.54) is 0 Å². The first-order chi connectivity index (χ1) is 12.1. The molecular weight excluding hydrogens is 320 g/mol. The number of rotatable bonds is 1. The summed E-state index contributed by atoms with van der Waals surface area (Å²) in [5.74, 6) is 2.16. The van der Waals surface area contributed by atoms with Crippen molar-refractivity contribution in [2.45, 2.75) is 25.1 Å². The molecule has 0 spiro atoms. The molecule has 1 N–H and O–H groups in total. The number of nitrogens with one attached hydrogen (secondary N) is 1. The molecule has 0 radical (unpaired) electrons. The third kappa shape index (κ3) is 2.13. The van der Waals surface area contributed by atoms with Gasteiger partial charge in [0.25, 0.3) is 0 Å². The van der Waals surface area contributed by atoms with Crippen LogP contribution in [-0.4, -0.2) is 25.0 Å². The Labute approximate surface area is 145 Å². The Balaban J connectivity index is 1.57. The van der Waals surface area contributed by atoms with Gasteiger partial charge in [0.1, 0.15) is 19.0 Å². The van der Waals surface area contributed by atoms with Gasteiger partial charge in [-0.2, -0.15) is 0 Å². The van der Waals surface area contributed by atoms with Crippen LogP contribution in [0.2, 0.25) is 0 Å². The highest BCUT2D eigenvalue weighted by Gasteiger charge is 2.49. The number of urea groups is 1. The summed E-state index contributed by atoms with van der Waals surface area (Å²) < 4.78 is 17.5. The number of amides is 2. The maximum absolute atomic E-state index is 12.9. The summed E-state index contributed by atoms with van der Waals surface area (Å²) in [6.45, 7) is 2.99. The van der Waals surface area contributed by atoms with Crippen molar-refractivity contribution in [3.63, 3.8) is 0 Å². The Morgan fingerprint density at radius 3 is 2.76 bits per heavy atom. The average Bonchev–Trinajstić information content (AvgIpc) is 2.61. The Hall–Kier alpha value is -2.89. The molecule has 0 aromatic heterocycles. The second-order valence-electron chi connectivity index (χ2n) is 6.68. The molecule has 2 bridgehead atoms. The number of fused-ring (bicyclic) bond motifs is 5. The number of ether oxygens (including phenoxy) is 3. The van der Waals surface area contributed by atoms with E-state index < -0.39 is 5.72 Å². The summed E-state index contributed by atoms with van der Waals surface area (Å²) in [4.78, 5) is 14.5. The fourth-order valence-corrected chi connectivity index (χ4v) is 3.88. The lowest BCUT2D eigenvalue weighted by Gasteiger charge is -2.50. The second-order valence-corrected chi connectivity index (χ2v) is 6.68. The van der Waals surface area contributed by atoms with E-state index in [0.29, 0.717) is 31.1 Å². The van der Waals surface area contributed by atoms with Crippen molar-refractivity contribution in [2.75, 3.05) is 18.1 Å². The smallest absolute Gasteiger partial charge is 0.325 e. The standard InChI is InChI=1S/C19H18N2O4/c1-19-11-14(13-4-2-3-5-15(13)25-19)20-18(22)21(19)12-6-7-16-17(10-12)24-9-8-23-16/h2-7,10,14H,8-9,11H2,1H3,(H,20,22)/t14-,19-/m0/s1. The van der Waals surface area contributed by atoms with Gasteiger partial charge < -0.3 is 19.5 Å². The third-order valence-corrected chi connectivity index (χ3v) is 4.96. The SMILES string of the molecule is C[C@]12C[C@H](NC(=O)N1c1ccc3c(c1)OCCO3)c1ccccc1O2. The van der Waals surface area contributed by atoms with Crippen LogP contribution >= 0.6 is 0 Å². The van der Waals surface area contributed by atoms with Crippen LogP contribution < -0.4 is 24.4 Å². The minimum Gasteiger partial charge on any atom is -0.486 e. The zero-order valence-corrected chi connectivity index (χ0v) is 13.8. The van der Waals surface area contributed by atoms with E-state index in [-0.39, 0.29) is 12.1 Å². The largest absolute Gasteiger partial charge is 0.486 e. The zero-order chi connectivity index (χ0) is 17.0. The number of anilines is 1. The highest BCUT2D eigenvalue weighted by atomic mass is 16.6. The fourth-order valence-electron chi connectivity index (χ4n) is 3.88. The maximum atomic E-state index is 12.9. The number of hydrogen-bond acceptors (Lipinski definition) is 4. The number of para-hydroxylation sites is 1. The quantitative estimate of drug-likeness (QED) is 0.867. The normalized spacial score (nSPS) is 26.4. The first-order valence-corrected chi connectivity index (χ1v) is 8.42. The van der Waals surface area contributed by atoms with Gasteiger partial charge in [-0.1, -0.05) is 18.2 Å². The molecule has 3 heterocycles. The van der Waals surface area contributed by atoms with Crippen LogP contribution in [0, 0.1) is 0 Å². The molecule has 1 fully saturated rings. The van der Waals surface area contributed by atoms with Gasteiger partial charge in [0.2, 0.25) is 0 Å². The summed E-state index contributed by atoms with van der Waals surface area (Å²) in [6.07, 6.45) is 0.671. The summed E-state index contributed by atoms with van der Waals surface area (Å²) in [5.41, 5.74) is 0.989. The predicted molar refractivity (Wildman–Crippen MR) is 91.3 cm³/mol. The van der Waals surface area contributed by atoms with Crippen LogP contribution in [0.3, 0.4) is 0 Å². The summed E-state index contributed by atoms with van der Waals surface area (Å²) in [5, 5.41) is 3.09. The van der Waals surface area contributed by atoms with E-state index in [0.717, 1.165) is 17.0 Å². The lowest BCUT2D eigenvalue weighted by Crippen LogP contribution is -2.65. The molecule has 2 atom stereocenters. The van der Waals surface area contributed by atoms with Crippen LogP contribution in [0.1, 0.15) is 24.9 Å². The third-order valence-electron chi connectivity index (χ3n) is 4.96. The average molecular weight is 338 g/mol. The summed E-state index contributed by atoms with van der Waals surface area (Å²) in [6, 6.07) is 13.2. The number of hydrogen-bond donors (Lipinski definition) is 1. The van der Waals surface area contributed by atoms with Crippen LogP contribution in [0.25, 0.3) is 0 Å². The molecule has 0 saturated carbocycles. The molecule has 0 aliphatic carbocycles. The van der Waals surface area contributed by atoms with Crippen LogP contribution in [0.4, 0.5) is 10.5 Å². The number of benzene rings is 2. The van der Waals surface area contributed by atoms with E-state index in [9.17, 15) is 4.79 Å². The number of carbonyl (C=O) groups is 1. The van der Waals surface area contributed by atoms with Gasteiger partial charge in [0, 0.05) is 18.1 Å². The number of nitrogens with zero attached hydrogens (tertiary/aromatic N) is 1. The fraction of sp³-hybridized carbons (Fsp3) is 0.316. The second kappa shape index (κ2) is 5.05. The van der Waals surface area contributed by atoms with Crippen LogP contribution in [-0.2, 0) is 0 Å². The Bertz CT molecular complexity index is 868. The van der Waals surface area contributed by atoms with Crippen molar-refractivity contribution in [3.8, 4) is 17.2 Å². The Morgan fingerprint density at radius 1 is 1.08 bits per heavy atom. The molecule has 6 nitrogen and oxygen atoms in total. The minimum atomic E-state index is -0.759. The van der Waals surface area contributed by atoms with Gasteiger partial charge in [-0.05, 0) is 25.1 Å². The molecule has 2 amide bonds. The first kappa shape index (κ1) is 14.5. The van der Waals surface area contributed by atoms with Gasteiger partial charge in [0.05, 0.1) is 11.7 Å². The Morgan fingerprint density at radius 2 is 1.88 bits per heavy atom. The molecule has 25 heavy (non-hydrogen) atoms. The summed E-state index contributed by atoms with van der Waals surface area (Å²) in [7, 11) is 0. The molecule has 2 aromatic carbocycles. The van der Waals surface area contributed by atoms with Crippen molar-refractivity contribution in [1.82, 2.24) is 5.32 Å². The lowest BCUT2D eigenvalue weighted by atomic mass is 9.90. The van der Waals surface area contributed by atoms with Crippen LogP contribution in [0.15, 0.2) is 42.5 Å². The van der Waals surface area contributed by atoms with Gasteiger partial charge >= 0.3 is 6.03 Å². The van der Waals surface area contributed by atoms with Crippen molar-refractivity contribution in [1.29, 1.82) is 0 Å². The van der Waals surface area contributed by atoms with Gasteiger partial charge in [-0.3, -0.25) is 4.90 Å². The number of carbonyl (C=O) groups excluding carboxylic acids is 1. The first-order valence-electron chi connectivity index (χ1n) is 8.42. The van der Waals surface area contributed by atoms with E-state index in [4.69, 9.17) is 14.2 Å². The molecule has 5 rings (SSSR count). The molecule has 2 aromatic rings. The molecule has 3 aliphatic heterocycles. The van der Waals surface area contributed by atoms with Crippen LogP contribution in [0.5, 0.6) is 17.2 Å². The van der Waals surface area contributed by atoms with E-state index in [1.54, 1.807) is 4.90 Å². The van der Waals surface area contributed by atoms with E-state index >= 15 is 0 Å². The molecule has 128 valence electrons. The van der Waals surface area contributed by atoms with Crippen molar-refractivity contribution < 1.29 is 19.0 Å². The maximum Gasteiger partial charge on any atom is 0.325 e.